The minimum atomic E-state index is -1.63. The Hall–Kier alpha value is -3.97. The third kappa shape index (κ3) is 6.01. The van der Waals surface area contributed by atoms with Crippen molar-refractivity contribution in [3.8, 4) is 5.75 Å². The van der Waals surface area contributed by atoms with Crippen molar-refractivity contribution in [1.29, 1.82) is 0 Å². The molecule has 0 aliphatic rings. The summed E-state index contributed by atoms with van der Waals surface area (Å²) in [4.78, 5) is 28.1. The number of aromatic hydroxyl groups is 1. The van der Waals surface area contributed by atoms with Crippen LogP contribution in [0.15, 0.2) is 83.9 Å². The number of aliphatic hydroxyl groups is 1. The van der Waals surface area contributed by atoms with Gasteiger partial charge in [0.05, 0.1) is 24.1 Å². The lowest BCUT2D eigenvalue weighted by Crippen LogP contribution is -2.51. The number of carboxylic acid groups (broad SMARTS) is 1. The molecule has 31 heavy (non-hydrogen) atoms. The van der Waals surface area contributed by atoms with Gasteiger partial charge in [0.25, 0.3) is 0 Å². The zero-order valence-corrected chi connectivity index (χ0v) is 16.5. The van der Waals surface area contributed by atoms with E-state index in [4.69, 9.17) is 0 Å². The molecule has 0 fully saturated rings. The molecular formula is C24H21N2O5-. The van der Waals surface area contributed by atoms with Crippen LogP contribution in [0.4, 0.5) is 5.69 Å². The van der Waals surface area contributed by atoms with Gasteiger partial charge in [0.2, 0.25) is 5.91 Å². The number of nitrogens with zero attached hydrogens (tertiary/aromatic N) is 1. The fourth-order valence-corrected chi connectivity index (χ4v) is 2.99. The van der Waals surface area contributed by atoms with Crippen LogP contribution < -0.4 is 10.4 Å². The van der Waals surface area contributed by atoms with Crippen LogP contribution in [0.3, 0.4) is 0 Å². The summed E-state index contributed by atoms with van der Waals surface area (Å²) < 4.78 is 0. The molecule has 0 saturated carbocycles. The van der Waals surface area contributed by atoms with Crippen molar-refractivity contribution in [2.24, 2.45) is 4.99 Å². The number of phenols is 1. The van der Waals surface area contributed by atoms with Crippen molar-refractivity contribution < 1.29 is 24.9 Å². The molecule has 1 amide bonds. The number of aliphatic imine (C=N–C) groups is 1. The van der Waals surface area contributed by atoms with E-state index < -0.39 is 24.0 Å². The topological polar surface area (TPSA) is 122 Å². The molecule has 7 heteroatoms. The molecule has 0 radical (unpaired) electrons. The third-order valence-corrected chi connectivity index (χ3v) is 4.59. The van der Waals surface area contributed by atoms with Crippen molar-refractivity contribution in [2.45, 2.75) is 18.6 Å². The van der Waals surface area contributed by atoms with E-state index in [0.29, 0.717) is 16.8 Å². The highest BCUT2D eigenvalue weighted by Gasteiger charge is 2.24. The van der Waals surface area contributed by atoms with E-state index >= 15 is 0 Å². The molecule has 0 aliphatic heterocycles. The number of benzene rings is 3. The van der Waals surface area contributed by atoms with Crippen LogP contribution in [-0.2, 0) is 16.0 Å². The molecule has 0 heterocycles. The number of aliphatic hydroxyl groups excluding tert-OH is 1. The van der Waals surface area contributed by atoms with E-state index in [1.165, 1.54) is 24.4 Å². The highest BCUT2D eigenvalue weighted by molar-refractivity contribution is 5.86. The highest BCUT2D eigenvalue weighted by atomic mass is 16.4. The van der Waals surface area contributed by atoms with Crippen molar-refractivity contribution >= 4 is 23.8 Å². The molecule has 0 saturated heterocycles. The smallest absolute Gasteiger partial charge is 0.225 e. The van der Waals surface area contributed by atoms with Gasteiger partial charge in [0.15, 0.2) is 0 Å². The second-order valence-electron chi connectivity index (χ2n) is 6.88. The fraction of sp³-hybridized carbons (Fsp3) is 0.125. The maximum absolute atomic E-state index is 12.3. The first-order valence-corrected chi connectivity index (χ1v) is 9.58. The van der Waals surface area contributed by atoms with Crippen LogP contribution in [0, 0.1) is 0 Å². The molecular weight excluding hydrogens is 396 g/mol. The number of carbonyl (C=O) groups excluding carboxylic acids is 2. The molecule has 0 aromatic heterocycles. The van der Waals surface area contributed by atoms with Crippen molar-refractivity contribution in [2.75, 3.05) is 0 Å². The summed E-state index contributed by atoms with van der Waals surface area (Å²) in [6, 6.07) is 20.2. The second kappa shape index (κ2) is 10.2. The number of amides is 1. The quantitative estimate of drug-likeness (QED) is 0.481. The summed E-state index contributed by atoms with van der Waals surface area (Å²) in [7, 11) is 0. The summed E-state index contributed by atoms with van der Waals surface area (Å²) in [5.41, 5.74) is 1.91. The Bertz CT molecular complexity index is 1080. The van der Waals surface area contributed by atoms with Gasteiger partial charge in [0.1, 0.15) is 11.9 Å². The third-order valence-electron chi connectivity index (χ3n) is 4.59. The Morgan fingerprint density at radius 1 is 1.00 bits per heavy atom. The van der Waals surface area contributed by atoms with E-state index in [-0.39, 0.29) is 17.7 Å². The number of aliphatic carboxylic acids is 1. The number of para-hydroxylation sites is 1. The second-order valence-corrected chi connectivity index (χ2v) is 6.88. The summed E-state index contributed by atoms with van der Waals surface area (Å²) in [6.07, 6.45) is -0.106. The minimum Gasteiger partial charge on any atom is -0.548 e. The molecule has 0 aliphatic carbocycles. The van der Waals surface area contributed by atoms with Crippen LogP contribution in [0.1, 0.15) is 22.8 Å². The number of carbonyl (C=O) groups is 2. The van der Waals surface area contributed by atoms with E-state index in [2.05, 4.69) is 10.3 Å². The molecule has 3 rings (SSSR count). The lowest BCUT2D eigenvalue weighted by molar-refractivity contribution is -0.310. The average molecular weight is 417 g/mol. The lowest BCUT2D eigenvalue weighted by Gasteiger charge is -2.25. The van der Waals surface area contributed by atoms with Gasteiger partial charge in [-0.1, -0.05) is 54.6 Å². The zero-order valence-electron chi connectivity index (χ0n) is 16.5. The van der Waals surface area contributed by atoms with Crippen LogP contribution >= 0.6 is 0 Å². The largest absolute Gasteiger partial charge is 0.548 e. The SMILES string of the molecule is O=C(Cc1ccccc1)NC(C(=O)[O-])C(O)c1cccc(N=Cc2ccccc2O)c1. The van der Waals surface area contributed by atoms with Gasteiger partial charge in [0, 0.05) is 11.8 Å². The summed E-state index contributed by atoms with van der Waals surface area (Å²) in [5, 5.41) is 34.3. The average Bonchev–Trinajstić information content (AvgIpc) is 2.77. The van der Waals surface area contributed by atoms with Gasteiger partial charge in [-0.2, -0.15) is 0 Å². The van der Waals surface area contributed by atoms with Gasteiger partial charge in [-0.05, 0) is 35.4 Å². The van der Waals surface area contributed by atoms with Crippen molar-refractivity contribution in [3.05, 3.63) is 95.6 Å². The molecule has 3 aromatic carbocycles. The molecule has 2 atom stereocenters. The number of nitrogens with one attached hydrogen (secondary N) is 1. The van der Waals surface area contributed by atoms with E-state index in [1.54, 1.807) is 54.6 Å². The number of hydrogen-bond donors (Lipinski definition) is 3. The zero-order chi connectivity index (χ0) is 22.2. The maximum atomic E-state index is 12.3. The predicted octanol–water partition coefficient (Wildman–Crippen LogP) is 1.65. The normalized spacial score (nSPS) is 12.9. The van der Waals surface area contributed by atoms with Gasteiger partial charge in [-0.25, -0.2) is 0 Å². The van der Waals surface area contributed by atoms with Crippen LogP contribution in [-0.4, -0.2) is 34.3 Å². The first-order valence-electron chi connectivity index (χ1n) is 9.58. The van der Waals surface area contributed by atoms with Gasteiger partial charge in [-0.15, -0.1) is 0 Å². The Kier molecular flexibility index (Phi) is 7.13. The number of hydrogen-bond acceptors (Lipinski definition) is 6. The number of carboxylic acids is 1. The lowest BCUT2D eigenvalue weighted by atomic mass is 10.0. The Labute approximate surface area is 179 Å². The molecule has 0 bridgehead atoms. The highest BCUT2D eigenvalue weighted by Crippen LogP contribution is 2.23. The molecule has 7 nitrogen and oxygen atoms in total. The number of rotatable bonds is 8. The van der Waals surface area contributed by atoms with E-state index in [1.807, 2.05) is 6.07 Å². The number of phenolic OH excluding ortho intramolecular Hbond substituents is 1. The summed E-state index contributed by atoms with van der Waals surface area (Å²) >= 11 is 0. The summed E-state index contributed by atoms with van der Waals surface area (Å²) in [5.74, 6) is -2.08. The van der Waals surface area contributed by atoms with Gasteiger partial charge >= 0.3 is 0 Å². The maximum Gasteiger partial charge on any atom is 0.225 e. The first kappa shape index (κ1) is 21.7. The Morgan fingerprint density at radius 3 is 2.42 bits per heavy atom. The first-order chi connectivity index (χ1) is 14.9. The standard InChI is InChI=1S/C24H22N2O5/c27-20-12-5-4-9-18(20)15-25-19-11-6-10-17(14-19)23(29)22(24(30)31)26-21(28)13-16-7-2-1-3-8-16/h1-12,14-15,22-23,27,29H,13H2,(H,26,28)(H,30,31)/p-1. The van der Waals surface area contributed by atoms with E-state index in [9.17, 15) is 24.9 Å². The monoisotopic (exact) mass is 417 g/mol. The van der Waals surface area contributed by atoms with Crippen LogP contribution in [0.25, 0.3) is 0 Å². The van der Waals surface area contributed by atoms with Crippen molar-refractivity contribution in [3.63, 3.8) is 0 Å². The summed E-state index contributed by atoms with van der Waals surface area (Å²) in [6.45, 7) is 0. The van der Waals surface area contributed by atoms with Crippen LogP contribution in [0.5, 0.6) is 5.75 Å². The van der Waals surface area contributed by atoms with E-state index in [0.717, 1.165) is 0 Å². The Balaban J connectivity index is 1.74. The Morgan fingerprint density at radius 2 is 1.71 bits per heavy atom. The predicted molar refractivity (Wildman–Crippen MR) is 114 cm³/mol. The van der Waals surface area contributed by atoms with Gasteiger partial charge in [-0.3, -0.25) is 9.79 Å². The molecule has 2 unspecified atom stereocenters. The van der Waals surface area contributed by atoms with Gasteiger partial charge < -0.3 is 25.4 Å². The van der Waals surface area contributed by atoms with Crippen molar-refractivity contribution in [1.82, 2.24) is 5.32 Å². The molecule has 3 aromatic rings. The molecule has 158 valence electrons. The van der Waals surface area contributed by atoms with Crippen LogP contribution in [0.2, 0.25) is 0 Å². The molecule has 3 N–H and O–H groups in total. The minimum absolute atomic E-state index is 0.0256. The molecule has 0 spiro atoms. The fourth-order valence-electron chi connectivity index (χ4n) is 2.99.